The van der Waals surface area contributed by atoms with Gasteiger partial charge in [0.15, 0.2) is 0 Å². The van der Waals surface area contributed by atoms with Crippen molar-refractivity contribution < 1.29 is 32.2 Å². The van der Waals surface area contributed by atoms with Crippen molar-refractivity contribution in [2.24, 2.45) is 5.73 Å². The maximum absolute atomic E-state index is 12.6. The number of rotatable bonds is 6. The van der Waals surface area contributed by atoms with Crippen LogP contribution in [0, 0.1) is 0 Å². The van der Waals surface area contributed by atoms with E-state index >= 15 is 0 Å². The molecule has 1 atom stereocenters. The summed E-state index contributed by atoms with van der Waals surface area (Å²) in [5, 5.41) is 2.68. The number of ether oxygens (including phenoxy) is 2. The lowest BCUT2D eigenvalue weighted by Crippen LogP contribution is -2.31. The lowest BCUT2D eigenvalue weighted by Gasteiger charge is -2.17. The van der Waals surface area contributed by atoms with Crippen LogP contribution in [0.2, 0.25) is 5.02 Å². The van der Waals surface area contributed by atoms with Crippen molar-refractivity contribution in [2.75, 3.05) is 0 Å². The summed E-state index contributed by atoms with van der Waals surface area (Å²) < 4.78 is 45.7. The van der Waals surface area contributed by atoms with Crippen molar-refractivity contribution >= 4 is 23.5 Å². The number of Topliss-reactive ketones (excluding diaryl/α,β-unsaturated/α-hetero) is 1. The van der Waals surface area contributed by atoms with Crippen LogP contribution in [-0.2, 0) is 4.74 Å². The summed E-state index contributed by atoms with van der Waals surface area (Å²) in [5.74, 6) is -1.20. The van der Waals surface area contributed by atoms with E-state index in [-0.39, 0.29) is 17.0 Å². The number of hydrogen-bond acceptors (Lipinski definition) is 5. The van der Waals surface area contributed by atoms with Gasteiger partial charge in [-0.2, -0.15) is 0 Å². The van der Waals surface area contributed by atoms with E-state index in [1.807, 2.05) is 0 Å². The van der Waals surface area contributed by atoms with E-state index < -0.39 is 30.1 Å². The van der Waals surface area contributed by atoms with Gasteiger partial charge in [0, 0.05) is 21.8 Å². The summed E-state index contributed by atoms with van der Waals surface area (Å²) >= 11 is 6.07. The Kier molecular flexibility index (Phi) is 7.33. The summed E-state index contributed by atoms with van der Waals surface area (Å²) in [5.41, 5.74) is 5.97. The predicted octanol–water partition coefficient (Wildman–Crippen LogP) is 5.10. The number of halogens is 4. The predicted molar refractivity (Wildman–Crippen MR) is 104 cm³/mol. The fourth-order valence-corrected chi connectivity index (χ4v) is 2.74. The lowest BCUT2D eigenvalue weighted by atomic mass is 10.1. The third-order valence-electron chi connectivity index (χ3n) is 3.83. The first-order valence-electron chi connectivity index (χ1n) is 8.57. The fourth-order valence-electron chi connectivity index (χ4n) is 2.45. The number of amides is 1. The molecule has 2 aromatic rings. The van der Waals surface area contributed by atoms with Gasteiger partial charge in [-0.25, -0.2) is 4.79 Å². The third kappa shape index (κ3) is 6.41. The van der Waals surface area contributed by atoms with Crippen LogP contribution < -0.4 is 15.8 Å². The molecule has 0 aliphatic rings. The Hall–Kier alpha value is -3.20. The standard InChI is InChI=1S/C20H18ClF3N2O4/c1-11(25)17(18(27)13-7-9-14(10-8-13)30-20(22,23)24)26-19(28)29-12(2)15-5-3-4-6-16(15)21/h3-10,12H,25H2,1-2H3,(H,26,28). The molecule has 30 heavy (non-hydrogen) atoms. The highest BCUT2D eigenvalue weighted by Gasteiger charge is 2.31. The molecule has 2 aromatic carbocycles. The molecule has 2 rings (SSSR count). The molecule has 0 aromatic heterocycles. The molecule has 0 spiro atoms. The Balaban J connectivity index is 2.10. The summed E-state index contributed by atoms with van der Waals surface area (Å²) in [6, 6.07) is 11.0. The van der Waals surface area contributed by atoms with Crippen LogP contribution in [0.4, 0.5) is 18.0 Å². The molecular weight excluding hydrogens is 425 g/mol. The molecule has 0 heterocycles. The van der Waals surface area contributed by atoms with Gasteiger partial charge in [0.25, 0.3) is 0 Å². The van der Waals surface area contributed by atoms with Crippen LogP contribution in [0.5, 0.6) is 5.75 Å². The van der Waals surface area contributed by atoms with Crippen molar-refractivity contribution in [1.29, 1.82) is 0 Å². The van der Waals surface area contributed by atoms with Gasteiger partial charge in [0.2, 0.25) is 5.78 Å². The van der Waals surface area contributed by atoms with E-state index in [0.29, 0.717) is 10.6 Å². The third-order valence-corrected chi connectivity index (χ3v) is 4.17. The molecule has 1 unspecified atom stereocenters. The zero-order chi connectivity index (χ0) is 22.5. The Labute approximate surface area is 175 Å². The topological polar surface area (TPSA) is 90.6 Å². The molecule has 1 amide bonds. The quantitative estimate of drug-likeness (QED) is 0.480. The number of allylic oxidation sites excluding steroid dienone is 2. The number of benzene rings is 2. The zero-order valence-corrected chi connectivity index (χ0v) is 16.7. The molecule has 0 saturated carbocycles. The summed E-state index contributed by atoms with van der Waals surface area (Å²) in [6.07, 6.45) is -6.52. The first-order chi connectivity index (χ1) is 14.0. The van der Waals surface area contributed by atoms with Gasteiger partial charge in [-0.3, -0.25) is 10.1 Å². The van der Waals surface area contributed by atoms with Crippen LogP contribution in [0.3, 0.4) is 0 Å². The molecule has 3 N–H and O–H groups in total. The van der Waals surface area contributed by atoms with Crippen LogP contribution in [0.1, 0.15) is 35.9 Å². The summed E-state index contributed by atoms with van der Waals surface area (Å²) in [7, 11) is 0. The van der Waals surface area contributed by atoms with Gasteiger partial charge in [0.05, 0.1) is 0 Å². The normalized spacial score (nSPS) is 13.1. The van der Waals surface area contributed by atoms with Gasteiger partial charge in [-0.05, 0) is 44.2 Å². The molecule has 0 aliphatic heterocycles. The highest BCUT2D eigenvalue weighted by molar-refractivity contribution is 6.31. The zero-order valence-electron chi connectivity index (χ0n) is 15.9. The molecule has 160 valence electrons. The number of ketones is 1. The Bertz CT molecular complexity index is 955. The fraction of sp³-hybridized carbons (Fsp3) is 0.200. The number of nitrogens with two attached hydrogens (primary N) is 1. The first kappa shape index (κ1) is 23.1. The second-order valence-corrected chi connectivity index (χ2v) is 6.56. The number of alkyl carbamates (subject to hydrolysis) is 1. The van der Waals surface area contributed by atoms with Gasteiger partial charge >= 0.3 is 12.5 Å². The van der Waals surface area contributed by atoms with Crippen molar-refractivity contribution in [2.45, 2.75) is 26.3 Å². The van der Waals surface area contributed by atoms with Crippen molar-refractivity contribution in [3.63, 3.8) is 0 Å². The van der Waals surface area contributed by atoms with E-state index in [9.17, 15) is 22.8 Å². The van der Waals surface area contributed by atoms with Crippen molar-refractivity contribution in [1.82, 2.24) is 5.32 Å². The highest BCUT2D eigenvalue weighted by atomic mass is 35.5. The minimum atomic E-state index is -4.85. The van der Waals surface area contributed by atoms with Crippen molar-refractivity contribution in [3.05, 3.63) is 76.1 Å². The van der Waals surface area contributed by atoms with E-state index in [1.54, 1.807) is 31.2 Å². The number of carbonyl (C=O) groups excluding carboxylic acids is 2. The monoisotopic (exact) mass is 442 g/mol. The Morgan fingerprint density at radius 1 is 1.10 bits per heavy atom. The van der Waals surface area contributed by atoms with Crippen molar-refractivity contribution in [3.8, 4) is 5.75 Å². The largest absolute Gasteiger partial charge is 0.573 e. The van der Waals surface area contributed by atoms with Gasteiger partial charge in [-0.15, -0.1) is 13.2 Å². The van der Waals surface area contributed by atoms with Gasteiger partial charge < -0.3 is 15.2 Å². The molecule has 0 bridgehead atoms. The Morgan fingerprint density at radius 2 is 1.70 bits per heavy atom. The average Bonchev–Trinajstić information content (AvgIpc) is 2.65. The number of nitrogens with one attached hydrogen (secondary N) is 1. The number of alkyl halides is 3. The molecular formula is C20H18ClF3N2O4. The average molecular weight is 443 g/mol. The molecule has 0 saturated heterocycles. The Morgan fingerprint density at radius 3 is 2.23 bits per heavy atom. The maximum atomic E-state index is 12.6. The molecule has 0 fully saturated rings. The summed E-state index contributed by atoms with van der Waals surface area (Å²) in [4.78, 5) is 24.9. The van der Waals surface area contributed by atoms with Crippen LogP contribution in [-0.4, -0.2) is 18.2 Å². The number of carbonyl (C=O) groups is 2. The van der Waals surface area contributed by atoms with Gasteiger partial charge in [0.1, 0.15) is 17.6 Å². The SMILES string of the molecule is CC(N)=C(NC(=O)OC(C)c1ccccc1Cl)C(=O)c1ccc(OC(F)(F)F)cc1. The maximum Gasteiger partial charge on any atom is 0.573 e. The molecule has 0 aliphatic carbocycles. The minimum Gasteiger partial charge on any atom is -0.441 e. The minimum absolute atomic E-state index is 0.0104. The molecule has 6 nitrogen and oxygen atoms in total. The highest BCUT2D eigenvalue weighted by Crippen LogP contribution is 2.26. The van der Waals surface area contributed by atoms with Crippen LogP contribution >= 0.6 is 11.6 Å². The van der Waals surface area contributed by atoms with Crippen LogP contribution in [0.25, 0.3) is 0 Å². The lowest BCUT2D eigenvalue weighted by molar-refractivity contribution is -0.274. The second-order valence-electron chi connectivity index (χ2n) is 6.15. The summed E-state index contributed by atoms with van der Waals surface area (Å²) in [6.45, 7) is 2.98. The van der Waals surface area contributed by atoms with E-state index in [1.165, 1.54) is 6.92 Å². The van der Waals surface area contributed by atoms with E-state index in [2.05, 4.69) is 10.1 Å². The second kappa shape index (κ2) is 9.53. The van der Waals surface area contributed by atoms with E-state index in [4.69, 9.17) is 22.1 Å². The smallest absolute Gasteiger partial charge is 0.441 e. The van der Waals surface area contributed by atoms with Gasteiger partial charge in [-0.1, -0.05) is 29.8 Å². The van der Waals surface area contributed by atoms with E-state index in [0.717, 1.165) is 24.3 Å². The van der Waals surface area contributed by atoms with Crippen LogP contribution in [0.15, 0.2) is 59.9 Å². The first-order valence-corrected chi connectivity index (χ1v) is 8.94. The molecule has 10 heteroatoms. The number of hydrogen-bond donors (Lipinski definition) is 2. The molecule has 0 radical (unpaired) electrons.